The largest absolute Gasteiger partial charge is 0.481 e. The number of nitrogens with zero attached hydrogens (tertiary/aromatic N) is 3. The average molecular weight is 392 g/mol. The highest BCUT2D eigenvalue weighted by Gasteiger charge is 2.40. The molecule has 1 atom stereocenters. The summed E-state index contributed by atoms with van der Waals surface area (Å²) in [4.78, 5) is 23.1. The van der Waals surface area contributed by atoms with E-state index in [2.05, 4.69) is 9.88 Å². The van der Waals surface area contributed by atoms with E-state index in [0.717, 1.165) is 30.4 Å². The maximum absolute atomic E-state index is 14.9. The normalized spacial score (nSPS) is 19.2. The zero-order valence-corrected chi connectivity index (χ0v) is 16.1. The summed E-state index contributed by atoms with van der Waals surface area (Å²) in [5.41, 5.74) is 10.00. The third-order valence-corrected chi connectivity index (χ3v) is 6.16. The van der Waals surface area contributed by atoms with Gasteiger partial charge in [0.1, 0.15) is 12.1 Å². The SMILES string of the molecule is COc1ccc(-c2c(F)ccc3c(N)c4c(nc23)CN(C2CCC2)C4C=O)cn1. The van der Waals surface area contributed by atoms with Crippen molar-refractivity contribution in [3.8, 4) is 17.0 Å². The summed E-state index contributed by atoms with van der Waals surface area (Å²) in [5, 5.41) is 0.651. The summed E-state index contributed by atoms with van der Waals surface area (Å²) in [5.74, 6) is 0.0600. The molecule has 1 aromatic carbocycles. The fourth-order valence-electron chi connectivity index (χ4n) is 4.43. The first kappa shape index (κ1) is 18.0. The number of methoxy groups -OCH3 is 1. The minimum absolute atomic E-state index is 0.358. The first-order valence-electron chi connectivity index (χ1n) is 9.74. The van der Waals surface area contributed by atoms with Crippen LogP contribution in [0.25, 0.3) is 22.0 Å². The van der Waals surface area contributed by atoms with Crippen LogP contribution >= 0.6 is 0 Å². The Labute approximate surface area is 167 Å². The number of halogens is 1. The van der Waals surface area contributed by atoms with Crippen molar-refractivity contribution in [1.29, 1.82) is 0 Å². The minimum atomic E-state index is -0.392. The van der Waals surface area contributed by atoms with Crippen LogP contribution in [0.15, 0.2) is 30.5 Å². The zero-order valence-electron chi connectivity index (χ0n) is 16.1. The molecule has 1 saturated carbocycles. The molecular formula is C22H21FN4O2. The summed E-state index contributed by atoms with van der Waals surface area (Å²) in [6, 6.07) is 6.46. The maximum Gasteiger partial charge on any atom is 0.212 e. The van der Waals surface area contributed by atoms with Crippen LogP contribution in [0.1, 0.15) is 36.6 Å². The highest BCUT2D eigenvalue weighted by atomic mass is 19.1. The molecule has 7 heteroatoms. The summed E-state index contributed by atoms with van der Waals surface area (Å²) in [7, 11) is 1.53. The molecular weight excluding hydrogens is 371 g/mol. The van der Waals surface area contributed by atoms with Crippen molar-refractivity contribution >= 4 is 22.9 Å². The molecule has 6 nitrogen and oxygen atoms in total. The molecule has 0 saturated heterocycles. The van der Waals surface area contributed by atoms with Crippen LogP contribution in [0, 0.1) is 5.82 Å². The van der Waals surface area contributed by atoms with Gasteiger partial charge >= 0.3 is 0 Å². The van der Waals surface area contributed by atoms with Gasteiger partial charge in [-0.05, 0) is 31.0 Å². The van der Waals surface area contributed by atoms with Gasteiger partial charge in [0.15, 0.2) is 0 Å². The molecule has 3 aromatic rings. The van der Waals surface area contributed by atoms with Crippen LogP contribution in [0.3, 0.4) is 0 Å². The van der Waals surface area contributed by atoms with Gasteiger partial charge in [-0.2, -0.15) is 0 Å². The highest BCUT2D eigenvalue weighted by Crippen LogP contribution is 2.44. The molecule has 29 heavy (non-hydrogen) atoms. The number of nitrogen functional groups attached to an aromatic ring is 1. The lowest BCUT2D eigenvalue weighted by Crippen LogP contribution is -2.39. The number of benzene rings is 1. The van der Waals surface area contributed by atoms with E-state index in [1.165, 1.54) is 19.6 Å². The van der Waals surface area contributed by atoms with Gasteiger partial charge in [-0.1, -0.05) is 6.42 Å². The van der Waals surface area contributed by atoms with Crippen molar-refractivity contribution in [2.75, 3.05) is 12.8 Å². The van der Waals surface area contributed by atoms with Gasteiger partial charge < -0.3 is 15.3 Å². The Morgan fingerprint density at radius 1 is 1.28 bits per heavy atom. The second-order valence-electron chi connectivity index (χ2n) is 7.63. The first-order valence-corrected chi connectivity index (χ1v) is 9.74. The van der Waals surface area contributed by atoms with Crippen LogP contribution in [-0.4, -0.2) is 34.3 Å². The molecule has 0 spiro atoms. The molecule has 2 aromatic heterocycles. The molecule has 0 amide bonds. The van der Waals surface area contributed by atoms with Gasteiger partial charge in [0, 0.05) is 52.6 Å². The molecule has 0 bridgehead atoms. The zero-order chi connectivity index (χ0) is 20.1. The van der Waals surface area contributed by atoms with Crippen LogP contribution in [0.4, 0.5) is 10.1 Å². The van der Waals surface area contributed by atoms with Gasteiger partial charge in [-0.25, -0.2) is 9.37 Å². The highest BCUT2D eigenvalue weighted by molar-refractivity contribution is 6.02. The molecule has 1 unspecified atom stereocenters. The predicted octanol–water partition coefficient (Wildman–Crippen LogP) is 3.63. The van der Waals surface area contributed by atoms with Crippen LogP contribution in [0.5, 0.6) is 5.88 Å². The summed E-state index contributed by atoms with van der Waals surface area (Å²) >= 11 is 0. The molecule has 1 fully saturated rings. The van der Waals surface area contributed by atoms with E-state index >= 15 is 0 Å². The topological polar surface area (TPSA) is 81.3 Å². The third-order valence-electron chi connectivity index (χ3n) is 6.16. The second kappa shape index (κ2) is 6.77. The number of fused-ring (bicyclic) bond motifs is 2. The Hall–Kier alpha value is -3.06. The lowest BCUT2D eigenvalue weighted by Gasteiger charge is -2.36. The van der Waals surface area contributed by atoms with E-state index < -0.39 is 5.82 Å². The number of rotatable bonds is 4. The summed E-state index contributed by atoms with van der Waals surface area (Å²) in [6.45, 7) is 0.556. The number of hydrogen-bond acceptors (Lipinski definition) is 6. The number of carbonyl (C=O) groups is 1. The number of hydrogen-bond donors (Lipinski definition) is 1. The number of ether oxygens (including phenoxy) is 1. The number of carbonyl (C=O) groups excluding carboxylic acids is 1. The van der Waals surface area contributed by atoms with Gasteiger partial charge in [0.25, 0.3) is 0 Å². The molecule has 0 radical (unpaired) electrons. The lowest BCUT2D eigenvalue weighted by molar-refractivity contribution is -0.113. The average Bonchev–Trinajstić information content (AvgIpc) is 3.05. The second-order valence-corrected chi connectivity index (χ2v) is 7.63. The van der Waals surface area contributed by atoms with Crippen molar-refractivity contribution in [2.45, 2.75) is 37.9 Å². The van der Waals surface area contributed by atoms with E-state index in [0.29, 0.717) is 46.2 Å². The van der Waals surface area contributed by atoms with Gasteiger partial charge in [-0.3, -0.25) is 9.88 Å². The Balaban J connectivity index is 1.70. The number of pyridine rings is 2. The maximum atomic E-state index is 14.9. The Morgan fingerprint density at radius 2 is 2.10 bits per heavy atom. The number of aldehydes is 1. The molecule has 2 aliphatic rings. The van der Waals surface area contributed by atoms with Crippen LogP contribution in [-0.2, 0) is 11.3 Å². The number of anilines is 1. The molecule has 5 rings (SSSR count). The van der Waals surface area contributed by atoms with Crippen molar-refractivity contribution < 1.29 is 13.9 Å². The fourth-order valence-corrected chi connectivity index (χ4v) is 4.43. The van der Waals surface area contributed by atoms with E-state index in [-0.39, 0.29) is 6.04 Å². The van der Waals surface area contributed by atoms with Gasteiger partial charge in [0.05, 0.1) is 24.4 Å². The van der Waals surface area contributed by atoms with E-state index in [1.807, 2.05) is 0 Å². The minimum Gasteiger partial charge on any atom is -0.481 e. The Bertz CT molecular complexity index is 1110. The summed E-state index contributed by atoms with van der Waals surface area (Å²) in [6.07, 6.45) is 5.85. The third kappa shape index (κ3) is 2.68. The summed E-state index contributed by atoms with van der Waals surface area (Å²) < 4.78 is 20.0. The van der Waals surface area contributed by atoms with Crippen molar-refractivity contribution in [3.63, 3.8) is 0 Å². The Kier molecular flexibility index (Phi) is 4.20. The van der Waals surface area contributed by atoms with Crippen molar-refractivity contribution in [3.05, 3.63) is 47.5 Å². The van der Waals surface area contributed by atoms with E-state index in [4.69, 9.17) is 15.5 Å². The molecule has 1 aliphatic heterocycles. The standard InChI is InChI=1S/C22H21FN4O2/c1-29-18-8-5-12(9-25-18)19-15(23)7-6-14-21(24)20-16(26-22(14)19)10-27(17(20)11-28)13-3-2-4-13/h5-9,11,13,17H,2-4,10H2,1H3,(H2,24,26). The fraction of sp³-hybridized carbons (Fsp3) is 0.318. The smallest absolute Gasteiger partial charge is 0.212 e. The first-order chi connectivity index (χ1) is 14.1. The number of aromatic nitrogens is 2. The molecule has 148 valence electrons. The van der Waals surface area contributed by atoms with E-state index in [1.54, 1.807) is 24.4 Å². The predicted molar refractivity (Wildman–Crippen MR) is 108 cm³/mol. The Morgan fingerprint density at radius 3 is 2.72 bits per heavy atom. The van der Waals surface area contributed by atoms with Crippen LogP contribution < -0.4 is 10.5 Å². The van der Waals surface area contributed by atoms with E-state index in [9.17, 15) is 9.18 Å². The lowest BCUT2D eigenvalue weighted by atomic mass is 9.90. The van der Waals surface area contributed by atoms with Crippen molar-refractivity contribution in [2.24, 2.45) is 0 Å². The van der Waals surface area contributed by atoms with Gasteiger partial charge in [-0.15, -0.1) is 0 Å². The monoisotopic (exact) mass is 392 g/mol. The quantitative estimate of drug-likeness (QED) is 0.683. The van der Waals surface area contributed by atoms with Gasteiger partial charge in [0.2, 0.25) is 5.88 Å². The molecule has 1 aliphatic carbocycles. The number of nitrogens with two attached hydrogens (primary N) is 1. The van der Waals surface area contributed by atoms with Crippen molar-refractivity contribution in [1.82, 2.24) is 14.9 Å². The molecule has 2 N–H and O–H groups in total. The molecule has 3 heterocycles. The van der Waals surface area contributed by atoms with Crippen LogP contribution in [0.2, 0.25) is 0 Å².